The van der Waals surface area contributed by atoms with Crippen molar-refractivity contribution < 1.29 is 33.6 Å². The summed E-state index contributed by atoms with van der Waals surface area (Å²) >= 11 is 2.30. The number of thioether (sulfide) groups is 1. The van der Waals surface area contributed by atoms with Gasteiger partial charge < -0.3 is 25.7 Å². The first-order valence-corrected chi connectivity index (χ1v) is 13.6. The Morgan fingerprint density at radius 2 is 1.91 bits per heavy atom. The average Bonchev–Trinajstić information content (AvgIpc) is 3.25. The summed E-state index contributed by atoms with van der Waals surface area (Å²) in [6.45, 7) is 0. The second-order valence-electron chi connectivity index (χ2n) is 7.13. The van der Waals surface area contributed by atoms with Crippen LogP contribution in [0.4, 0.5) is 5.13 Å². The van der Waals surface area contributed by atoms with Crippen molar-refractivity contribution in [1.29, 1.82) is 0 Å². The standard InChI is InChI=1S/C19H27N3O7S3/c1-22(32(3,28)29)18-20-13(11-31-18)17(26)21-19(27,16(25)14(23)9-10-30-2)15(24)12-7-5-4-6-8-12/h4-8,11,14-16,23-25,27H,9-10H2,1-3H3,(H,21,26). The van der Waals surface area contributed by atoms with Crippen LogP contribution in [0.5, 0.6) is 0 Å². The molecule has 0 aliphatic carbocycles. The van der Waals surface area contributed by atoms with Gasteiger partial charge in [-0.3, -0.25) is 4.79 Å². The average molecular weight is 506 g/mol. The minimum absolute atomic E-state index is 0.0188. The van der Waals surface area contributed by atoms with E-state index in [1.807, 2.05) is 0 Å². The van der Waals surface area contributed by atoms with E-state index >= 15 is 0 Å². The molecule has 2 aromatic rings. The Morgan fingerprint density at radius 3 is 2.47 bits per heavy atom. The third-order valence-corrected chi connectivity index (χ3v) is 7.62. The van der Waals surface area contributed by atoms with Crippen molar-refractivity contribution in [3.8, 4) is 0 Å². The number of nitrogens with zero attached hydrogens (tertiary/aromatic N) is 2. The fraction of sp³-hybridized carbons (Fsp3) is 0.474. The van der Waals surface area contributed by atoms with Gasteiger partial charge in [0.05, 0.1) is 12.4 Å². The number of hydrogen-bond acceptors (Lipinski definition) is 10. The zero-order valence-electron chi connectivity index (χ0n) is 17.7. The van der Waals surface area contributed by atoms with Crippen molar-refractivity contribution >= 4 is 44.2 Å². The summed E-state index contributed by atoms with van der Waals surface area (Å²) < 4.78 is 24.3. The summed E-state index contributed by atoms with van der Waals surface area (Å²) in [4.78, 5) is 16.8. The van der Waals surface area contributed by atoms with E-state index in [0.29, 0.717) is 5.75 Å². The molecule has 4 atom stereocenters. The largest absolute Gasteiger partial charge is 0.390 e. The van der Waals surface area contributed by atoms with Gasteiger partial charge in [0.1, 0.15) is 17.9 Å². The molecule has 5 N–H and O–H groups in total. The first-order valence-electron chi connectivity index (χ1n) is 9.44. The number of carbonyl (C=O) groups is 1. The number of rotatable bonds is 11. The van der Waals surface area contributed by atoms with E-state index in [1.165, 1.54) is 36.3 Å². The molecule has 1 aromatic carbocycles. The maximum Gasteiger partial charge on any atom is 0.273 e. The van der Waals surface area contributed by atoms with Gasteiger partial charge in [-0.25, -0.2) is 17.7 Å². The van der Waals surface area contributed by atoms with E-state index in [-0.39, 0.29) is 22.8 Å². The van der Waals surface area contributed by atoms with Gasteiger partial charge in [-0.15, -0.1) is 11.3 Å². The molecule has 4 unspecified atom stereocenters. The van der Waals surface area contributed by atoms with E-state index in [0.717, 1.165) is 21.9 Å². The molecule has 0 aliphatic heterocycles. The lowest BCUT2D eigenvalue weighted by atomic mass is 9.89. The number of amides is 1. The Bertz CT molecular complexity index is 1000. The van der Waals surface area contributed by atoms with E-state index in [1.54, 1.807) is 24.5 Å². The van der Waals surface area contributed by atoms with Crippen molar-refractivity contribution in [2.45, 2.75) is 30.5 Å². The molecule has 10 nitrogen and oxygen atoms in total. The zero-order chi connectivity index (χ0) is 24.1. The summed E-state index contributed by atoms with van der Waals surface area (Å²) in [7, 11) is -2.33. The fourth-order valence-corrected chi connectivity index (χ4v) is 4.80. The maximum atomic E-state index is 12.8. The van der Waals surface area contributed by atoms with E-state index < -0.39 is 40.0 Å². The minimum Gasteiger partial charge on any atom is -0.390 e. The minimum atomic E-state index is -3.60. The molecule has 13 heteroatoms. The summed E-state index contributed by atoms with van der Waals surface area (Å²) in [6.07, 6.45) is -2.29. The molecule has 0 bridgehead atoms. The van der Waals surface area contributed by atoms with Crippen LogP contribution in [0.25, 0.3) is 0 Å². The van der Waals surface area contributed by atoms with E-state index in [9.17, 15) is 33.6 Å². The Hall–Kier alpha value is -1.74. The number of carbonyl (C=O) groups excluding carboxylic acids is 1. The van der Waals surface area contributed by atoms with Crippen molar-refractivity contribution in [2.24, 2.45) is 0 Å². The number of benzene rings is 1. The number of hydrogen-bond donors (Lipinski definition) is 5. The molecule has 0 fully saturated rings. The van der Waals surface area contributed by atoms with Crippen LogP contribution in [0.1, 0.15) is 28.6 Å². The van der Waals surface area contributed by atoms with Crippen LogP contribution in [0.3, 0.4) is 0 Å². The van der Waals surface area contributed by atoms with Gasteiger partial charge in [0.15, 0.2) is 10.9 Å². The Balaban J connectivity index is 2.36. The predicted molar refractivity (Wildman–Crippen MR) is 124 cm³/mol. The number of aliphatic hydroxyl groups excluding tert-OH is 3. The molecule has 178 valence electrons. The Kier molecular flexibility index (Phi) is 9.05. The molecule has 2 rings (SSSR count). The third-order valence-electron chi connectivity index (χ3n) is 4.77. The lowest BCUT2D eigenvalue weighted by molar-refractivity contribution is -0.190. The van der Waals surface area contributed by atoms with Crippen molar-refractivity contribution in [3.05, 3.63) is 47.0 Å². The van der Waals surface area contributed by atoms with Gasteiger partial charge >= 0.3 is 0 Å². The Morgan fingerprint density at radius 1 is 1.28 bits per heavy atom. The molecule has 1 heterocycles. The number of aromatic nitrogens is 1. The van der Waals surface area contributed by atoms with Gasteiger partial charge in [-0.1, -0.05) is 30.3 Å². The predicted octanol–water partition coefficient (Wildman–Crippen LogP) is 0.166. The van der Waals surface area contributed by atoms with Crippen LogP contribution in [-0.2, 0) is 10.0 Å². The SMILES string of the molecule is CSCCC(O)C(O)C(O)(NC(=O)c1csc(N(C)S(C)(=O)=O)n1)C(O)c1ccccc1. The zero-order valence-corrected chi connectivity index (χ0v) is 20.2. The number of sulfonamides is 1. The van der Waals surface area contributed by atoms with Crippen LogP contribution in [0.15, 0.2) is 35.7 Å². The maximum absolute atomic E-state index is 12.8. The first-order chi connectivity index (χ1) is 14.9. The van der Waals surface area contributed by atoms with Gasteiger partial charge in [0.2, 0.25) is 10.0 Å². The highest BCUT2D eigenvalue weighted by atomic mass is 32.2. The highest BCUT2D eigenvalue weighted by Gasteiger charge is 2.48. The molecule has 0 radical (unpaired) electrons. The number of thiazole rings is 1. The van der Waals surface area contributed by atoms with E-state index in [2.05, 4.69) is 10.3 Å². The fourth-order valence-electron chi connectivity index (χ4n) is 2.78. The summed E-state index contributed by atoms with van der Waals surface area (Å²) in [5.74, 6) is -0.500. The van der Waals surface area contributed by atoms with Crippen LogP contribution in [-0.4, -0.2) is 83.0 Å². The van der Waals surface area contributed by atoms with Gasteiger partial charge in [0.25, 0.3) is 5.91 Å². The highest BCUT2D eigenvalue weighted by Crippen LogP contribution is 2.30. The third kappa shape index (κ3) is 6.19. The molecular formula is C19H27N3O7S3. The van der Waals surface area contributed by atoms with Gasteiger partial charge in [0, 0.05) is 12.4 Å². The molecule has 0 spiro atoms. The lowest BCUT2D eigenvalue weighted by Crippen LogP contribution is -2.63. The van der Waals surface area contributed by atoms with Crippen LogP contribution in [0, 0.1) is 0 Å². The molecule has 1 amide bonds. The van der Waals surface area contributed by atoms with Crippen molar-refractivity contribution in [1.82, 2.24) is 10.3 Å². The second kappa shape index (κ2) is 10.9. The lowest BCUT2D eigenvalue weighted by Gasteiger charge is -2.39. The van der Waals surface area contributed by atoms with Crippen LogP contribution >= 0.6 is 23.1 Å². The first kappa shape index (κ1) is 26.5. The van der Waals surface area contributed by atoms with E-state index in [4.69, 9.17) is 0 Å². The normalized spacial score (nSPS) is 16.6. The molecule has 32 heavy (non-hydrogen) atoms. The highest BCUT2D eigenvalue weighted by molar-refractivity contribution is 7.98. The Labute approximate surface area is 195 Å². The summed E-state index contributed by atoms with van der Waals surface area (Å²) in [5, 5.41) is 46.6. The topological polar surface area (TPSA) is 160 Å². The monoisotopic (exact) mass is 505 g/mol. The van der Waals surface area contributed by atoms with Crippen LogP contribution < -0.4 is 9.62 Å². The molecule has 0 saturated carbocycles. The van der Waals surface area contributed by atoms with Gasteiger partial charge in [-0.2, -0.15) is 11.8 Å². The smallest absolute Gasteiger partial charge is 0.273 e. The number of anilines is 1. The summed E-state index contributed by atoms with van der Waals surface area (Å²) in [6, 6.07) is 7.87. The number of aliphatic hydroxyl groups is 4. The molecule has 0 aliphatic rings. The number of nitrogens with one attached hydrogen (secondary N) is 1. The molecule has 0 saturated heterocycles. The molecular weight excluding hydrogens is 478 g/mol. The van der Waals surface area contributed by atoms with Gasteiger partial charge in [-0.05, 0) is 24.0 Å². The molecule has 1 aromatic heterocycles. The second-order valence-corrected chi connectivity index (χ2v) is 11.0. The quantitative estimate of drug-likeness (QED) is 0.268. The van der Waals surface area contributed by atoms with Crippen molar-refractivity contribution in [2.75, 3.05) is 29.6 Å². The van der Waals surface area contributed by atoms with Crippen molar-refractivity contribution in [3.63, 3.8) is 0 Å². The summed E-state index contributed by atoms with van der Waals surface area (Å²) in [5.41, 5.74) is -2.70. The van der Waals surface area contributed by atoms with Crippen LogP contribution in [0.2, 0.25) is 0 Å².